The fourth-order valence-electron chi connectivity index (χ4n) is 5.98. The molecule has 11 nitrogen and oxygen atoms in total. The zero-order valence-corrected chi connectivity index (χ0v) is 26.6. The summed E-state index contributed by atoms with van der Waals surface area (Å²) in [6.45, 7) is 1.95. The first-order valence-electron chi connectivity index (χ1n) is 15.6. The number of piperazine rings is 1. The molecular weight excluding hydrogens is 657 g/mol. The quantitative estimate of drug-likeness (QED) is 0.182. The maximum absolute atomic E-state index is 13.3. The number of imidazole rings is 1. The summed E-state index contributed by atoms with van der Waals surface area (Å²) in [6.07, 6.45) is -3.80. The second-order valence-corrected chi connectivity index (χ2v) is 11.9. The van der Waals surface area contributed by atoms with E-state index in [-0.39, 0.29) is 41.3 Å². The first-order chi connectivity index (χ1) is 23.4. The highest BCUT2D eigenvalue weighted by atomic mass is 19.4. The zero-order chi connectivity index (χ0) is 34.9. The lowest BCUT2D eigenvalue weighted by Gasteiger charge is -2.40. The van der Waals surface area contributed by atoms with Gasteiger partial charge in [0.05, 0.1) is 42.9 Å². The second-order valence-electron chi connectivity index (χ2n) is 11.9. The van der Waals surface area contributed by atoms with Crippen LogP contribution in [0.1, 0.15) is 40.7 Å². The van der Waals surface area contributed by atoms with Crippen molar-refractivity contribution in [3.63, 3.8) is 0 Å². The normalized spacial score (nSPS) is 18.5. The predicted octanol–water partition coefficient (Wildman–Crippen LogP) is 5.84. The molecule has 4 aromatic rings. The van der Waals surface area contributed by atoms with E-state index < -0.39 is 24.3 Å². The molecule has 2 aliphatic heterocycles. The molecule has 2 aliphatic rings. The van der Waals surface area contributed by atoms with Gasteiger partial charge in [-0.1, -0.05) is 12.1 Å². The number of carboxylic acids is 1. The number of aromatic carboxylic acids is 1. The van der Waals surface area contributed by atoms with Gasteiger partial charge in [-0.2, -0.15) is 26.9 Å². The monoisotopic (exact) mass is 691 g/mol. The van der Waals surface area contributed by atoms with Gasteiger partial charge in [0.15, 0.2) is 5.75 Å². The number of carbonyl (C=O) groups is 1. The third kappa shape index (κ3) is 7.64. The van der Waals surface area contributed by atoms with Crippen molar-refractivity contribution in [1.29, 1.82) is 0 Å². The number of methoxy groups -OCH3 is 1. The minimum absolute atomic E-state index is 0.00360. The summed E-state index contributed by atoms with van der Waals surface area (Å²) in [4.78, 5) is 25.4. The van der Waals surface area contributed by atoms with Gasteiger partial charge in [0.2, 0.25) is 5.88 Å². The van der Waals surface area contributed by atoms with E-state index in [0.717, 1.165) is 24.6 Å². The molecule has 2 saturated heterocycles. The summed E-state index contributed by atoms with van der Waals surface area (Å²) < 4.78 is 89.1. The molecule has 0 radical (unpaired) electrons. The Labute approximate surface area is 277 Å². The Morgan fingerprint density at radius 2 is 1.90 bits per heavy atom. The standard InChI is InChI=1S/C33H34F5N5O6/c1-19-15-42(27-4-3-5-29(39-27)48-18-20-6-7-22(33(36,37)38)14-25(20)46-2)10-9-41(19)17-28-40-30-24(43(28)16-23-8-11-47-23)12-21(31(44)45)13-26(30)49-32(34)35/h3-7,12-14,19,23,32H,8-11,15-18H2,1-2H3,(H,44,45)/t19-,23?/m0/s1. The molecule has 16 heteroatoms. The summed E-state index contributed by atoms with van der Waals surface area (Å²) in [6, 6.07) is 11.0. The highest BCUT2D eigenvalue weighted by molar-refractivity contribution is 5.95. The fraction of sp³-hybridized carbons (Fsp3) is 0.424. The zero-order valence-electron chi connectivity index (χ0n) is 26.6. The molecule has 262 valence electrons. The lowest BCUT2D eigenvalue weighted by Crippen LogP contribution is -2.52. The number of pyridine rings is 1. The fourth-order valence-corrected chi connectivity index (χ4v) is 5.98. The summed E-state index contributed by atoms with van der Waals surface area (Å²) >= 11 is 0. The molecule has 2 aromatic heterocycles. The van der Waals surface area contributed by atoms with Crippen molar-refractivity contribution in [2.45, 2.75) is 58.0 Å². The van der Waals surface area contributed by atoms with Gasteiger partial charge in [-0.25, -0.2) is 9.78 Å². The smallest absolute Gasteiger partial charge is 0.416 e. The van der Waals surface area contributed by atoms with Gasteiger partial charge >= 0.3 is 18.8 Å². The third-order valence-corrected chi connectivity index (χ3v) is 8.67. The average molecular weight is 692 g/mol. The van der Waals surface area contributed by atoms with E-state index in [1.165, 1.54) is 19.2 Å². The highest BCUT2D eigenvalue weighted by Crippen LogP contribution is 2.34. The lowest BCUT2D eigenvalue weighted by atomic mass is 10.1. The summed E-state index contributed by atoms with van der Waals surface area (Å²) in [5.41, 5.74) is -0.0384. The molecule has 0 bridgehead atoms. The number of nitrogens with zero attached hydrogens (tertiary/aromatic N) is 5. The minimum Gasteiger partial charge on any atom is -0.496 e. The number of hydrogen-bond acceptors (Lipinski definition) is 9. The number of halogens is 5. The van der Waals surface area contributed by atoms with Crippen molar-refractivity contribution in [2.75, 3.05) is 38.3 Å². The maximum atomic E-state index is 13.3. The molecule has 6 rings (SSSR count). The van der Waals surface area contributed by atoms with Crippen LogP contribution >= 0.6 is 0 Å². The van der Waals surface area contributed by atoms with Crippen molar-refractivity contribution in [3.8, 4) is 17.4 Å². The van der Waals surface area contributed by atoms with E-state index in [1.807, 2.05) is 17.6 Å². The van der Waals surface area contributed by atoms with E-state index in [2.05, 4.69) is 19.8 Å². The van der Waals surface area contributed by atoms with E-state index >= 15 is 0 Å². The van der Waals surface area contributed by atoms with Crippen molar-refractivity contribution in [3.05, 3.63) is 71.0 Å². The predicted molar refractivity (Wildman–Crippen MR) is 166 cm³/mol. The number of ether oxygens (including phenoxy) is 4. The molecule has 0 amide bonds. The van der Waals surface area contributed by atoms with Crippen molar-refractivity contribution in [1.82, 2.24) is 19.4 Å². The molecule has 2 atom stereocenters. The Kier molecular flexibility index (Phi) is 9.79. The van der Waals surface area contributed by atoms with Crippen LogP contribution in [0.4, 0.5) is 27.8 Å². The largest absolute Gasteiger partial charge is 0.496 e. The van der Waals surface area contributed by atoms with E-state index in [4.69, 9.17) is 18.9 Å². The number of alkyl halides is 5. The molecule has 4 heterocycles. The summed E-state index contributed by atoms with van der Waals surface area (Å²) in [5.74, 6) is 0.00535. The number of aromatic nitrogens is 3. The second kappa shape index (κ2) is 14.0. The maximum Gasteiger partial charge on any atom is 0.416 e. The van der Waals surface area contributed by atoms with Gasteiger partial charge in [0.1, 0.15) is 29.5 Å². The van der Waals surface area contributed by atoms with Gasteiger partial charge in [-0.3, -0.25) is 4.90 Å². The first-order valence-corrected chi connectivity index (χ1v) is 15.6. The van der Waals surface area contributed by atoms with Crippen molar-refractivity contribution >= 4 is 22.8 Å². The number of anilines is 1. The van der Waals surface area contributed by atoms with Gasteiger partial charge in [-0.15, -0.1) is 0 Å². The number of rotatable bonds is 12. The van der Waals surface area contributed by atoms with Gasteiger partial charge in [0.25, 0.3) is 0 Å². The Balaban J connectivity index is 1.16. The highest BCUT2D eigenvalue weighted by Gasteiger charge is 2.32. The summed E-state index contributed by atoms with van der Waals surface area (Å²) in [5, 5.41) is 9.65. The molecule has 2 aromatic carbocycles. The molecule has 2 fully saturated rings. The molecule has 49 heavy (non-hydrogen) atoms. The minimum atomic E-state index is -4.50. The SMILES string of the molecule is COc1cc(C(F)(F)F)ccc1COc1cccc(N2CCN(Cc3nc4c(OC(F)F)cc(C(=O)O)cc4n3CC3CCO3)[C@@H](C)C2)n1. The molecule has 0 aliphatic carbocycles. The van der Waals surface area contributed by atoms with Crippen molar-refractivity contribution in [2.24, 2.45) is 0 Å². The van der Waals surface area contributed by atoms with E-state index in [0.29, 0.717) is 67.9 Å². The van der Waals surface area contributed by atoms with Crippen LogP contribution in [0.3, 0.4) is 0 Å². The average Bonchev–Trinajstić information content (AvgIpc) is 3.38. The number of hydrogen-bond donors (Lipinski definition) is 1. The summed E-state index contributed by atoms with van der Waals surface area (Å²) in [7, 11) is 1.30. The first kappa shape index (κ1) is 34.2. The van der Waals surface area contributed by atoms with Crippen LogP contribution in [0, 0.1) is 0 Å². The van der Waals surface area contributed by atoms with Gasteiger partial charge in [-0.05, 0) is 43.7 Å². The van der Waals surface area contributed by atoms with Gasteiger partial charge < -0.3 is 33.5 Å². The number of fused-ring (bicyclic) bond motifs is 1. The van der Waals surface area contributed by atoms with Crippen LogP contribution in [-0.4, -0.2) is 82.6 Å². The van der Waals surface area contributed by atoms with Crippen molar-refractivity contribution < 1.29 is 50.8 Å². The van der Waals surface area contributed by atoms with Crippen LogP contribution in [0.5, 0.6) is 17.4 Å². The van der Waals surface area contributed by atoms with Gasteiger partial charge in [0, 0.05) is 43.9 Å². The Morgan fingerprint density at radius 3 is 2.55 bits per heavy atom. The van der Waals surface area contributed by atoms with Crippen LogP contribution in [-0.2, 0) is 30.6 Å². The van der Waals surface area contributed by atoms with Crippen LogP contribution in [0.2, 0.25) is 0 Å². The molecule has 1 unspecified atom stereocenters. The topological polar surface area (TPSA) is 111 Å². The molecule has 0 saturated carbocycles. The third-order valence-electron chi connectivity index (χ3n) is 8.67. The number of benzene rings is 2. The Hall–Kier alpha value is -4.70. The van der Waals surface area contributed by atoms with E-state index in [9.17, 15) is 31.9 Å². The Morgan fingerprint density at radius 1 is 1.10 bits per heavy atom. The molecular formula is C33H34F5N5O6. The van der Waals surface area contributed by atoms with Crippen LogP contribution in [0.25, 0.3) is 11.0 Å². The molecule has 1 N–H and O–H groups in total. The van der Waals surface area contributed by atoms with Crippen LogP contribution in [0.15, 0.2) is 48.5 Å². The lowest BCUT2D eigenvalue weighted by molar-refractivity contribution is -0.137. The Bertz CT molecular complexity index is 1810. The van der Waals surface area contributed by atoms with E-state index in [1.54, 1.807) is 12.1 Å². The number of carboxylic acid groups (broad SMARTS) is 1. The van der Waals surface area contributed by atoms with Crippen LogP contribution < -0.4 is 19.1 Å². The molecule has 0 spiro atoms.